The molecule has 5 nitrogen and oxygen atoms in total. The number of aromatic nitrogens is 2. The fourth-order valence-corrected chi connectivity index (χ4v) is 3.22. The van der Waals surface area contributed by atoms with Crippen LogP contribution in [0.15, 0.2) is 29.0 Å². The first-order valence-electron chi connectivity index (χ1n) is 7.11. The van der Waals surface area contributed by atoms with Crippen LogP contribution in [0.4, 0.5) is 0 Å². The summed E-state index contributed by atoms with van der Waals surface area (Å²) in [5, 5.41) is 10.2. The number of likely N-dealkylation sites (N-methyl/N-ethyl adjacent to an activating group) is 1. The van der Waals surface area contributed by atoms with E-state index in [4.69, 9.17) is 0 Å². The van der Waals surface area contributed by atoms with Gasteiger partial charge in [-0.05, 0) is 49.7 Å². The predicted octanol–water partition coefficient (Wildman–Crippen LogP) is 2.38. The second-order valence-electron chi connectivity index (χ2n) is 5.40. The highest BCUT2D eigenvalue weighted by molar-refractivity contribution is 9.10. The van der Waals surface area contributed by atoms with Crippen molar-refractivity contribution >= 4 is 21.8 Å². The lowest BCUT2D eigenvalue weighted by Gasteiger charge is -2.16. The van der Waals surface area contributed by atoms with Crippen molar-refractivity contribution in [2.75, 3.05) is 7.05 Å². The standard InChI is InChI=1S/C16H21BrN4O/c1-10-5-13(17)6-11(2)14(10)8-19-16(22)15(18-3)12-7-20-21(4)9-12/h5-7,9,15,18H,8H2,1-4H3,(H,19,22). The maximum atomic E-state index is 12.4. The van der Waals surface area contributed by atoms with Gasteiger partial charge in [-0.1, -0.05) is 15.9 Å². The Morgan fingerprint density at radius 3 is 2.50 bits per heavy atom. The van der Waals surface area contributed by atoms with Crippen molar-refractivity contribution in [1.29, 1.82) is 0 Å². The number of hydrogen-bond acceptors (Lipinski definition) is 3. The number of benzene rings is 1. The zero-order valence-electron chi connectivity index (χ0n) is 13.3. The molecule has 1 atom stereocenters. The zero-order chi connectivity index (χ0) is 16.3. The van der Waals surface area contributed by atoms with Gasteiger partial charge >= 0.3 is 0 Å². The molecule has 0 aliphatic rings. The first-order chi connectivity index (χ1) is 10.4. The molecule has 0 bridgehead atoms. The van der Waals surface area contributed by atoms with E-state index in [0.29, 0.717) is 6.54 Å². The van der Waals surface area contributed by atoms with Gasteiger partial charge in [0.1, 0.15) is 6.04 Å². The number of nitrogens with zero attached hydrogens (tertiary/aromatic N) is 2. The zero-order valence-corrected chi connectivity index (χ0v) is 14.9. The first-order valence-corrected chi connectivity index (χ1v) is 7.90. The molecule has 0 aliphatic carbocycles. The number of carbonyl (C=O) groups is 1. The Balaban J connectivity index is 2.09. The molecule has 118 valence electrons. The second-order valence-corrected chi connectivity index (χ2v) is 6.32. The van der Waals surface area contributed by atoms with Crippen molar-refractivity contribution in [3.63, 3.8) is 0 Å². The highest BCUT2D eigenvalue weighted by Crippen LogP contribution is 2.20. The van der Waals surface area contributed by atoms with Gasteiger partial charge in [-0.25, -0.2) is 0 Å². The van der Waals surface area contributed by atoms with Crippen LogP contribution in [0.5, 0.6) is 0 Å². The van der Waals surface area contributed by atoms with Crippen LogP contribution < -0.4 is 10.6 Å². The molecule has 1 heterocycles. The van der Waals surface area contributed by atoms with Gasteiger partial charge in [-0.3, -0.25) is 9.48 Å². The third kappa shape index (κ3) is 3.75. The molecule has 1 amide bonds. The number of nitrogens with one attached hydrogen (secondary N) is 2. The second kappa shape index (κ2) is 7.07. The minimum Gasteiger partial charge on any atom is -0.350 e. The van der Waals surface area contributed by atoms with Crippen LogP contribution in [-0.4, -0.2) is 22.7 Å². The van der Waals surface area contributed by atoms with Crippen molar-refractivity contribution in [3.8, 4) is 0 Å². The van der Waals surface area contributed by atoms with Gasteiger partial charge in [0.2, 0.25) is 5.91 Å². The molecule has 1 aromatic heterocycles. The Hall–Kier alpha value is -1.66. The van der Waals surface area contributed by atoms with Gasteiger partial charge < -0.3 is 10.6 Å². The van der Waals surface area contributed by atoms with Crippen LogP contribution in [0.2, 0.25) is 0 Å². The van der Waals surface area contributed by atoms with Gasteiger partial charge in [0, 0.05) is 29.8 Å². The topological polar surface area (TPSA) is 59.0 Å². The van der Waals surface area contributed by atoms with E-state index in [1.165, 1.54) is 0 Å². The van der Waals surface area contributed by atoms with Gasteiger partial charge in [0.25, 0.3) is 0 Å². The maximum absolute atomic E-state index is 12.4. The summed E-state index contributed by atoms with van der Waals surface area (Å²) in [6.45, 7) is 4.62. The average Bonchev–Trinajstić information content (AvgIpc) is 2.84. The average molecular weight is 365 g/mol. The van der Waals surface area contributed by atoms with Gasteiger partial charge in [-0.2, -0.15) is 5.10 Å². The summed E-state index contributed by atoms with van der Waals surface area (Å²) in [4.78, 5) is 12.4. The molecule has 6 heteroatoms. The van der Waals surface area contributed by atoms with Crippen LogP contribution in [-0.2, 0) is 18.4 Å². The van der Waals surface area contributed by atoms with Gasteiger partial charge in [0.05, 0.1) is 6.20 Å². The molecule has 0 saturated carbocycles. The van der Waals surface area contributed by atoms with E-state index in [2.05, 4.69) is 57.6 Å². The number of rotatable bonds is 5. The molecule has 0 saturated heterocycles. The lowest BCUT2D eigenvalue weighted by Crippen LogP contribution is -2.35. The summed E-state index contributed by atoms with van der Waals surface area (Å²) in [5.74, 6) is -0.0581. The quantitative estimate of drug-likeness (QED) is 0.856. The molecule has 1 aromatic carbocycles. The molecule has 0 aliphatic heterocycles. The lowest BCUT2D eigenvalue weighted by atomic mass is 10.0. The third-order valence-corrected chi connectivity index (χ3v) is 4.17. The van der Waals surface area contributed by atoms with Crippen molar-refractivity contribution in [2.24, 2.45) is 7.05 Å². The van der Waals surface area contributed by atoms with E-state index >= 15 is 0 Å². The summed E-state index contributed by atoms with van der Waals surface area (Å²) in [7, 11) is 3.61. The number of aryl methyl sites for hydroxylation is 3. The maximum Gasteiger partial charge on any atom is 0.242 e. The molecule has 2 aromatic rings. The molecule has 2 rings (SSSR count). The summed E-state index contributed by atoms with van der Waals surface area (Å²) in [6.07, 6.45) is 3.55. The molecule has 1 unspecified atom stereocenters. The number of halogens is 1. The Bertz CT molecular complexity index is 658. The van der Waals surface area contributed by atoms with Crippen molar-refractivity contribution in [3.05, 3.63) is 51.3 Å². The molecule has 0 radical (unpaired) electrons. The number of amides is 1. The lowest BCUT2D eigenvalue weighted by molar-refractivity contribution is -0.123. The van der Waals surface area contributed by atoms with Crippen LogP contribution in [0.25, 0.3) is 0 Å². The first kappa shape index (κ1) is 16.7. The summed E-state index contributed by atoms with van der Waals surface area (Å²) >= 11 is 3.49. The predicted molar refractivity (Wildman–Crippen MR) is 90.5 cm³/mol. The van der Waals surface area contributed by atoms with Crippen molar-refractivity contribution in [2.45, 2.75) is 26.4 Å². The van der Waals surface area contributed by atoms with E-state index in [9.17, 15) is 4.79 Å². The highest BCUT2D eigenvalue weighted by atomic mass is 79.9. The van der Waals surface area contributed by atoms with Crippen molar-refractivity contribution in [1.82, 2.24) is 20.4 Å². The summed E-state index contributed by atoms with van der Waals surface area (Å²) in [5.41, 5.74) is 4.33. The van der Waals surface area contributed by atoms with E-state index in [1.54, 1.807) is 17.9 Å². The van der Waals surface area contributed by atoms with Crippen LogP contribution >= 0.6 is 15.9 Å². The molecule has 0 spiro atoms. The highest BCUT2D eigenvalue weighted by Gasteiger charge is 2.20. The monoisotopic (exact) mass is 364 g/mol. The number of carbonyl (C=O) groups excluding carboxylic acids is 1. The van der Waals surface area contributed by atoms with E-state index in [0.717, 1.165) is 26.7 Å². The van der Waals surface area contributed by atoms with Crippen molar-refractivity contribution < 1.29 is 4.79 Å². The summed E-state index contributed by atoms with van der Waals surface area (Å²) < 4.78 is 2.75. The Kier molecular flexibility index (Phi) is 5.37. The van der Waals surface area contributed by atoms with E-state index in [-0.39, 0.29) is 5.91 Å². The fourth-order valence-electron chi connectivity index (χ4n) is 2.54. The Morgan fingerprint density at radius 1 is 1.36 bits per heavy atom. The van der Waals surface area contributed by atoms with Gasteiger partial charge in [0.15, 0.2) is 0 Å². The summed E-state index contributed by atoms with van der Waals surface area (Å²) in [6, 6.07) is 3.72. The molecular formula is C16H21BrN4O. The fraction of sp³-hybridized carbons (Fsp3) is 0.375. The third-order valence-electron chi connectivity index (χ3n) is 3.71. The largest absolute Gasteiger partial charge is 0.350 e. The molecular weight excluding hydrogens is 344 g/mol. The smallest absolute Gasteiger partial charge is 0.242 e. The van der Waals surface area contributed by atoms with Crippen LogP contribution in [0.3, 0.4) is 0 Å². The molecule has 22 heavy (non-hydrogen) atoms. The van der Waals surface area contributed by atoms with E-state index in [1.807, 2.05) is 13.2 Å². The Labute approximate surface area is 139 Å². The number of hydrogen-bond donors (Lipinski definition) is 2. The van der Waals surface area contributed by atoms with E-state index < -0.39 is 6.04 Å². The van der Waals surface area contributed by atoms with Crippen LogP contribution in [0, 0.1) is 13.8 Å². The van der Waals surface area contributed by atoms with Gasteiger partial charge in [-0.15, -0.1) is 0 Å². The molecule has 0 fully saturated rings. The van der Waals surface area contributed by atoms with Crippen LogP contribution in [0.1, 0.15) is 28.3 Å². The SMILES string of the molecule is CNC(C(=O)NCc1c(C)cc(Br)cc1C)c1cnn(C)c1. The molecule has 2 N–H and O–H groups in total. The minimum absolute atomic E-state index is 0.0581. The Morgan fingerprint density at radius 2 is 2.00 bits per heavy atom. The normalized spacial score (nSPS) is 12.2. The minimum atomic E-state index is -0.398.